The molecule has 0 aliphatic carbocycles. The van der Waals surface area contributed by atoms with Crippen molar-refractivity contribution in [1.29, 1.82) is 0 Å². The summed E-state index contributed by atoms with van der Waals surface area (Å²) in [6.07, 6.45) is 4.77. The van der Waals surface area contributed by atoms with Gasteiger partial charge in [0.15, 0.2) is 5.17 Å². The number of thioether (sulfide) groups is 1. The Morgan fingerprint density at radius 3 is 2.95 bits per heavy atom. The average molecular weight is 272 g/mol. The van der Waals surface area contributed by atoms with Crippen LogP contribution in [0, 0.1) is 0 Å². The van der Waals surface area contributed by atoms with E-state index in [1.807, 2.05) is 25.5 Å². The highest BCUT2D eigenvalue weighted by atomic mass is 32.2. The van der Waals surface area contributed by atoms with E-state index in [0.717, 1.165) is 23.0 Å². The van der Waals surface area contributed by atoms with Crippen LogP contribution in [-0.4, -0.2) is 26.7 Å². The molecule has 1 atom stereocenters. The van der Waals surface area contributed by atoms with Crippen molar-refractivity contribution in [2.24, 2.45) is 12.0 Å². The molecule has 2 aromatic rings. The quantitative estimate of drug-likeness (QED) is 0.933. The van der Waals surface area contributed by atoms with Gasteiger partial charge in [0.05, 0.1) is 17.9 Å². The number of rotatable bonds is 3. The molecule has 0 saturated carbocycles. The largest absolute Gasteiger partial charge is 0.332 e. The maximum atomic E-state index is 4.72. The number of hydrogen-bond donors (Lipinski definition) is 1. The Morgan fingerprint density at radius 2 is 2.21 bits per heavy atom. The molecule has 0 spiro atoms. The molecule has 0 saturated heterocycles. The third-order valence-electron chi connectivity index (χ3n) is 2.98. The second-order valence-electron chi connectivity index (χ2n) is 4.62. The molecule has 3 rings (SSSR count). The van der Waals surface area contributed by atoms with Crippen LogP contribution in [0.1, 0.15) is 5.56 Å². The summed E-state index contributed by atoms with van der Waals surface area (Å²) in [4.78, 5) is 4.72. The van der Waals surface area contributed by atoms with Gasteiger partial charge in [-0.05, 0) is 12.0 Å². The van der Waals surface area contributed by atoms with Crippen molar-refractivity contribution >= 4 is 22.6 Å². The Morgan fingerprint density at radius 1 is 1.37 bits per heavy atom. The molecule has 1 aliphatic rings. The van der Waals surface area contributed by atoms with E-state index >= 15 is 0 Å². The van der Waals surface area contributed by atoms with Crippen molar-refractivity contribution in [3.8, 4) is 0 Å². The fourth-order valence-electron chi connectivity index (χ4n) is 2.08. The Balaban J connectivity index is 1.61. The molecule has 0 bridgehead atoms. The highest BCUT2D eigenvalue weighted by molar-refractivity contribution is 8.14. The van der Waals surface area contributed by atoms with Crippen LogP contribution >= 0.6 is 11.8 Å². The highest BCUT2D eigenvalue weighted by Gasteiger charge is 2.18. The van der Waals surface area contributed by atoms with Gasteiger partial charge in [-0.25, -0.2) is 0 Å². The number of nitrogens with one attached hydrogen (secondary N) is 1. The molecule has 1 aromatic carbocycles. The lowest BCUT2D eigenvalue weighted by molar-refractivity contribution is 0.762. The molecule has 0 fully saturated rings. The average Bonchev–Trinajstić information content (AvgIpc) is 3.01. The van der Waals surface area contributed by atoms with Crippen molar-refractivity contribution in [2.75, 3.05) is 11.1 Å². The molecule has 98 valence electrons. The van der Waals surface area contributed by atoms with E-state index in [4.69, 9.17) is 4.99 Å². The molecular weight excluding hydrogens is 256 g/mol. The molecule has 19 heavy (non-hydrogen) atoms. The highest BCUT2D eigenvalue weighted by Crippen LogP contribution is 2.22. The first-order valence-electron chi connectivity index (χ1n) is 6.30. The van der Waals surface area contributed by atoms with Gasteiger partial charge in [-0.3, -0.25) is 9.67 Å². The molecule has 1 N–H and O–H groups in total. The van der Waals surface area contributed by atoms with Gasteiger partial charge in [0, 0.05) is 19.0 Å². The van der Waals surface area contributed by atoms with Crippen LogP contribution in [0.5, 0.6) is 0 Å². The lowest BCUT2D eigenvalue weighted by Gasteiger charge is -2.04. The van der Waals surface area contributed by atoms with Gasteiger partial charge in [-0.1, -0.05) is 42.1 Å². The third-order valence-corrected chi connectivity index (χ3v) is 4.01. The fourth-order valence-corrected chi connectivity index (χ4v) is 3.04. The van der Waals surface area contributed by atoms with E-state index in [0.29, 0.717) is 6.04 Å². The molecular formula is C14H16N4S. The van der Waals surface area contributed by atoms with E-state index in [1.54, 1.807) is 16.4 Å². The van der Waals surface area contributed by atoms with Crippen LogP contribution in [-0.2, 0) is 13.5 Å². The standard InChI is InChI=1S/C14H16N4S/c1-18-9-13(8-15-18)17-14-16-12(10-19-14)7-11-5-3-2-4-6-11/h2-6,8-9,12H,7,10H2,1H3,(H,16,17). The number of aryl methyl sites for hydroxylation is 1. The van der Waals surface area contributed by atoms with Crippen molar-refractivity contribution < 1.29 is 0 Å². The van der Waals surface area contributed by atoms with E-state index in [2.05, 4.69) is 34.7 Å². The molecule has 5 heteroatoms. The number of hydrogen-bond acceptors (Lipinski definition) is 4. The maximum absolute atomic E-state index is 4.72. The lowest BCUT2D eigenvalue weighted by atomic mass is 10.1. The van der Waals surface area contributed by atoms with Gasteiger partial charge in [-0.2, -0.15) is 5.10 Å². The van der Waals surface area contributed by atoms with Gasteiger partial charge in [0.2, 0.25) is 0 Å². The lowest BCUT2D eigenvalue weighted by Crippen LogP contribution is -2.08. The Kier molecular flexibility index (Phi) is 3.55. The summed E-state index contributed by atoms with van der Waals surface area (Å²) in [5.41, 5.74) is 2.34. The van der Waals surface area contributed by atoms with Crippen molar-refractivity contribution in [3.05, 3.63) is 48.3 Å². The maximum Gasteiger partial charge on any atom is 0.161 e. The van der Waals surface area contributed by atoms with Crippen molar-refractivity contribution in [2.45, 2.75) is 12.5 Å². The zero-order valence-electron chi connectivity index (χ0n) is 10.8. The fraction of sp³-hybridized carbons (Fsp3) is 0.286. The Labute approximate surface area is 116 Å². The number of aliphatic imine (C=N–C) groups is 1. The first-order valence-corrected chi connectivity index (χ1v) is 7.28. The molecule has 1 unspecified atom stereocenters. The molecule has 4 nitrogen and oxygen atoms in total. The summed E-state index contributed by atoms with van der Waals surface area (Å²) in [5.74, 6) is 1.04. The van der Waals surface area contributed by atoms with Gasteiger partial charge in [-0.15, -0.1) is 0 Å². The van der Waals surface area contributed by atoms with Gasteiger partial charge in [0.25, 0.3) is 0 Å². The zero-order chi connectivity index (χ0) is 13.1. The summed E-state index contributed by atoms with van der Waals surface area (Å²) in [6, 6.07) is 10.9. The first kappa shape index (κ1) is 12.3. The smallest absolute Gasteiger partial charge is 0.161 e. The number of anilines is 1. The summed E-state index contributed by atoms with van der Waals surface area (Å²) < 4.78 is 1.78. The summed E-state index contributed by atoms with van der Waals surface area (Å²) >= 11 is 1.78. The molecule has 0 amide bonds. The Hall–Kier alpha value is -1.75. The summed E-state index contributed by atoms with van der Waals surface area (Å²) in [6.45, 7) is 0. The number of benzene rings is 1. The Bertz CT molecular complexity index is 576. The second kappa shape index (κ2) is 5.48. The number of amidine groups is 1. The van der Waals surface area contributed by atoms with E-state index in [9.17, 15) is 0 Å². The van der Waals surface area contributed by atoms with Gasteiger partial charge in [0.1, 0.15) is 0 Å². The van der Waals surface area contributed by atoms with Crippen LogP contribution in [0.4, 0.5) is 5.69 Å². The monoisotopic (exact) mass is 272 g/mol. The first-order chi connectivity index (χ1) is 9.29. The topological polar surface area (TPSA) is 42.2 Å². The minimum atomic E-state index is 0.367. The van der Waals surface area contributed by atoms with Crippen LogP contribution in [0.3, 0.4) is 0 Å². The minimum Gasteiger partial charge on any atom is -0.332 e. The van der Waals surface area contributed by atoms with Crippen molar-refractivity contribution in [3.63, 3.8) is 0 Å². The SMILES string of the molecule is Cn1cc(NC2=NC(Cc3ccccc3)CS2)cn1. The van der Waals surface area contributed by atoms with Crippen LogP contribution in [0.15, 0.2) is 47.7 Å². The number of aromatic nitrogens is 2. The molecule has 1 aliphatic heterocycles. The van der Waals surface area contributed by atoms with E-state index in [-0.39, 0.29) is 0 Å². The van der Waals surface area contributed by atoms with Crippen molar-refractivity contribution in [1.82, 2.24) is 9.78 Å². The predicted molar refractivity (Wildman–Crippen MR) is 80.7 cm³/mol. The molecule has 1 aromatic heterocycles. The van der Waals surface area contributed by atoms with Crippen LogP contribution < -0.4 is 5.32 Å². The van der Waals surface area contributed by atoms with E-state index < -0.39 is 0 Å². The predicted octanol–water partition coefficient (Wildman–Crippen LogP) is 2.55. The van der Waals surface area contributed by atoms with Gasteiger partial charge < -0.3 is 5.32 Å². The van der Waals surface area contributed by atoms with E-state index in [1.165, 1.54) is 5.56 Å². The second-order valence-corrected chi connectivity index (χ2v) is 5.63. The van der Waals surface area contributed by atoms with Crippen LogP contribution in [0.2, 0.25) is 0 Å². The van der Waals surface area contributed by atoms with Crippen LogP contribution in [0.25, 0.3) is 0 Å². The summed E-state index contributed by atoms with van der Waals surface area (Å²) in [5, 5.41) is 8.44. The minimum absolute atomic E-state index is 0.367. The normalized spacial score (nSPS) is 18.4. The summed E-state index contributed by atoms with van der Waals surface area (Å²) in [7, 11) is 1.91. The van der Waals surface area contributed by atoms with Gasteiger partial charge >= 0.3 is 0 Å². The third kappa shape index (κ3) is 3.17. The zero-order valence-corrected chi connectivity index (χ0v) is 11.6. The molecule has 0 radical (unpaired) electrons. The molecule has 2 heterocycles. The number of nitrogens with zero attached hydrogens (tertiary/aromatic N) is 3.